The van der Waals surface area contributed by atoms with Crippen LogP contribution in [0.2, 0.25) is 0 Å². The van der Waals surface area contributed by atoms with Crippen LogP contribution in [0, 0.1) is 0 Å². The number of aromatic nitrogens is 2. The second kappa shape index (κ2) is 2.19. The molecule has 0 unspecified atom stereocenters. The van der Waals surface area contributed by atoms with Crippen LogP contribution in [0.4, 0.5) is 0 Å². The van der Waals surface area contributed by atoms with Crippen molar-refractivity contribution in [1.29, 1.82) is 0 Å². The van der Waals surface area contributed by atoms with E-state index in [0.29, 0.717) is 0 Å². The van der Waals surface area contributed by atoms with Gasteiger partial charge in [0.05, 0.1) is 5.69 Å². The number of primary amides is 1. The van der Waals surface area contributed by atoms with Crippen molar-refractivity contribution in [2.45, 2.75) is 0 Å². The molecular formula is C7H3N3O3. The first-order chi connectivity index (χ1) is 6.09. The highest BCUT2D eigenvalue weighted by molar-refractivity contribution is 5.93. The highest BCUT2D eigenvalue weighted by Gasteiger charge is 2.22. The maximum atomic E-state index is 11.2. The third kappa shape index (κ3) is 0.919. The van der Waals surface area contributed by atoms with Crippen molar-refractivity contribution < 1.29 is 4.79 Å². The van der Waals surface area contributed by atoms with Gasteiger partial charge in [-0.1, -0.05) is 0 Å². The molecule has 6 nitrogen and oxygen atoms in total. The van der Waals surface area contributed by atoms with E-state index < -0.39 is 16.9 Å². The van der Waals surface area contributed by atoms with Gasteiger partial charge in [-0.25, -0.2) is 9.97 Å². The Balaban J connectivity index is 2.84. The molecule has 2 heterocycles. The summed E-state index contributed by atoms with van der Waals surface area (Å²) in [5.41, 5.74) is 3.34. The Morgan fingerprint density at radius 1 is 1.31 bits per heavy atom. The maximum Gasteiger partial charge on any atom is 0.272 e. The number of nitrogens with zero attached hydrogens (tertiary/aromatic N) is 2. The molecule has 2 aliphatic rings. The minimum Gasteiger partial charge on any atom is -0.364 e. The lowest BCUT2D eigenvalue weighted by atomic mass is 10.3. The van der Waals surface area contributed by atoms with Crippen molar-refractivity contribution >= 4 is 5.91 Å². The van der Waals surface area contributed by atoms with Gasteiger partial charge in [-0.3, -0.25) is 14.4 Å². The van der Waals surface area contributed by atoms with Crippen LogP contribution in [0.3, 0.4) is 0 Å². The molecule has 2 rings (SSSR count). The van der Waals surface area contributed by atoms with Crippen LogP contribution in [0.1, 0.15) is 10.5 Å². The van der Waals surface area contributed by atoms with Crippen molar-refractivity contribution in [3.8, 4) is 11.4 Å². The predicted molar refractivity (Wildman–Crippen MR) is 42.1 cm³/mol. The third-order valence-electron chi connectivity index (χ3n) is 1.62. The summed E-state index contributed by atoms with van der Waals surface area (Å²) in [5.74, 6) is -0.907. The molecule has 0 aromatic rings. The molecule has 13 heavy (non-hydrogen) atoms. The molecule has 1 amide bonds. The van der Waals surface area contributed by atoms with Gasteiger partial charge in [0.15, 0.2) is 5.69 Å². The molecule has 64 valence electrons. The van der Waals surface area contributed by atoms with E-state index in [4.69, 9.17) is 5.73 Å². The minimum atomic E-state index is -0.907. The number of fused-ring (bicyclic) bond motifs is 1. The van der Waals surface area contributed by atoms with E-state index in [0.717, 1.165) is 6.07 Å². The van der Waals surface area contributed by atoms with Crippen LogP contribution in [-0.4, -0.2) is 15.9 Å². The van der Waals surface area contributed by atoms with Gasteiger partial charge >= 0.3 is 0 Å². The number of amides is 1. The summed E-state index contributed by atoms with van der Waals surface area (Å²) >= 11 is 0. The molecule has 0 aromatic carbocycles. The molecular weight excluding hydrogens is 174 g/mol. The first-order valence-corrected chi connectivity index (χ1v) is 3.37. The SMILES string of the molecule is NC(=O)c1nc2cc(=O)nc-2c1=O. The fourth-order valence-electron chi connectivity index (χ4n) is 1.09. The fraction of sp³-hybridized carbons (Fsp3) is 0. The fourth-order valence-corrected chi connectivity index (χ4v) is 1.09. The van der Waals surface area contributed by atoms with E-state index in [-0.39, 0.29) is 17.1 Å². The lowest BCUT2D eigenvalue weighted by Crippen LogP contribution is -2.20. The van der Waals surface area contributed by atoms with Crippen molar-refractivity contribution in [2.24, 2.45) is 5.73 Å². The Morgan fingerprint density at radius 2 is 2.00 bits per heavy atom. The van der Waals surface area contributed by atoms with Crippen molar-refractivity contribution in [1.82, 2.24) is 9.97 Å². The quantitative estimate of drug-likeness (QED) is 0.557. The van der Waals surface area contributed by atoms with Crippen LogP contribution < -0.4 is 16.7 Å². The summed E-state index contributed by atoms with van der Waals surface area (Å²) in [6.07, 6.45) is 0. The Hall–Kier alpha value is -2.11. The summed E-state index contributed by atoms with van der Waals surface area (Å²) in [7, 11) is 0. The molecule has 0 bridgehead atoms. The van der Waals surface area contributed by atoms with E-state index >= 15 is 0 Å². The molecule has 0 fully saturated rings. The Bertz CT molecular complexity index is 538. The highest BCUT2D eigenvalue weighted by atomic mass is 16.2. The normalized spacial score (nSPS) is 10.8. The molecule has 6 heteroatoms. The number of carbonyl (C=O) groups is 1. The van der Waals surface area contributed by atoms with Gasteiger partial charge in [-0.2, -0.15) is 0 Å². The number of hydrogen-bond donors (Lipinski definition) is 1. The van der Waals surface area contributed by atoms with E-state index in [1.807, 2.05) is 0 Å². The zero-order valence-electron chi connectivity index (χ0n) is 6.27. The molecule has 2 aliphatic heterocycles. The molecule has 2 N–H and O–H groups in total. The molecule has 0 radical (unpaired) electrons. The topological polar surface area (TPSA) is 103 Å². The van der Waals surface area contributed by atoms with Gasteiger partial charge in [0.2, 0.25) is 5.43 Å². The van der Waals surface area contributed by atoms with Crippen LogP contribution in [0.15, 0.2) is 15.7 Å². The second-order valence-electron chi connectivity index (χ2n) is 2.48. The zero-order valence-corrected chi connectivity index (χ0v) is 6.27. The summed E-state index contributed by atoms with van der Waals surface area (Å²) in [4.78, 5) is 39.5. The predicted octanol–water partition coefficient (Wildman–Crippen LogP) is -1.72. The summed E-state index contributed by atoms with van der Waals surface area (Å²) in [6, 6.07) is 1.09. The third-order valence-corrected chi connectivity index (χ3v) is 1.62. The van der Waals surface area contributed by atoms with Crippen LogP contribution in [-0.2, 0) is 0 Å². The summed E-state index contributed by atoms with van der Waals surface area (Å²) in [6.45, 7) is 0. The van der Waals surface area contributed by atoms with Gasteiger partial charge in [0, 0.05) is 6.07 Å². The van der Waals surface area contributed by atoms with Crippen molar-refractivity contribution in [3.05, 3.63) is 32.3 Å². The van der Waals surface area contributed by atoms with Crippen molar-refractivity contribution in [2.75, 3.05) is 0 Å². The second-order valence-corrected chi connectivity index (χ2v) is 2.48. The number of rotatable bonds is 1. The average molecular weight is 177 g/mol. The minimum absolute atomic E-state index is 0.0844. The largest absolute Gasteiger partial charge is 0.364 e. The van der Waals surface area contributed by atoms with E-state index in [1.54, 1.807) is 0 Å². The van der Waals surface area contributed by atoms with E-state index in [9.17, 15) is 14.4 Å². The van der Waals surface area contributed by atoms with Gasteiger partial charge in [-0.05, 0) is 0 Å². The Morgan fingerprint density at radius 3 is 2.54 bits per heavy atom. The van der Waals surface area contributed by atoms with Crippen LogP contribution in [0.25, 0.3) is 11.4 Å². The molecule has 0 spiro atoms. The highest BCUT2D eigenvalue weighted by Crippen LogP contribution is 2.10. The Labute approximate surface area is 71.1 Å². The van der Waals surface area contributed by atoms with Gasteiger partial charge in [0.25, 0.3) is 11.5 Å². The van der Waals surface area contributed by atoms with E-state index in [1.165, 1.54) is 0 Å². The van der Waals surface area contributed by atoms with E-state index in [2.05, 4.69) is 9.97 Å². The zero-order chi connectivity index (χ0) is 9.59. The van der Waals surface area contributed by atoms with Gasteiger partial charge < -0.3 is 5.73 Å². The smallest absolute Gasteiger partial charge is 0.272 e. The van der Waals surface area contributed by atoms with Crippen molar-refractivity contribution in [3.63, 3.8) is 0 Å². The molecule has 0 aromatic heterocycles. The van der Waals surface area contributed by atoms with Crippen LogP contribution in [0.5, 0.6) is 0 Å². The van der Waals surface area contributed by atoms with Crippen LogP contribution >= 0.6 is 0 Å². The molecule has 0 atom stereocenters. The summed E-state index contributed by atoms with van der Waals surface area (Å²) in [5, 5.41) is 0. The number of hydrogen-bond acceptors (Lipinski definition) is 5. The molecule has 0 aliphatic carbocycles. The van der Waals surface area contributed by atoms with Gasteiger partial charge in [-0.15, -0.1) is 0 Å². The molecule has 0 saturated heterocycles. The summed E-state index contributed by atoms with van der Waals surface area (Å²) < 4.78 is 0. The monoisotopic (exact) mass is 177 g/mol. The first-order valence-electron chi connectivity index (χ1n) is 3.37. The Kier molecular flexibility index (Phi) is 1.27. The lowest BCUT2D eigenvalue weighted by molar-refractivity contribution is 0.0995. The standard InChI is InChI=1S/C7H3N3O3/c8-7(13)5-6(12)4-2(9-5)1-3(11)10-4/h1H,(H2,8,13). The van der Waals surface area contributed by atoms with Gasteiger partial charge in [0.1, 0.15) is 5.69 Å². The number of carbonyl (C=O) groups excluding carboxylic acids is 1. The first kappa shape index (κ1) is 7.53. The maximum absolute atomic E-state index is 11.2. The molecule has 0 saturated carbocycles. The average Bonchev–Trinajstić information content (AvgIpc) is 2.51. The lowest BCUT2D eigenvalue weighted by Gasteiger charge is -1.79. The number of nitrogens with two attached hydrogens (primary N) is 1.